The van der Waals surface area contributed by atoms with Gasteiger partial charge in [0, 0.05) is 23.6 Å². The van der Waals surface area contributed by atoms with Crippen LogP contribution in [0.15, 0.2) is 58.7 Å². The number of aromatic nitrogens is 4. The number of ether oxygens (including phenoxy) is 1. The van der Waals surface area contributed by atoms with Crippen molar-refractivity contribution in [3.8, 4) is 11.1 Å². The molecule has 2 aromatic carbocycles. The summed E-state index contributed by atoms with van der Waals surface area (Å²) in [5.74, 6) is 0.415. The largest absolute Gasteiger partial charge is 0.388 e. The van der Waals surface area contributed by atoms with Crippen LogP contribution in [0.25, 0.3) is 16.9 Å². The smallest absolute Gasteiger partial charge is 0.304 e. The standard InChI is InChI=1S/C34H41FN6O5/c1-5-8-29-27(17-22-12-11-21(18-28(22)35)25-9-6-7-10-26(25)30-38-33(43)46-39-30)31(42)40(32-36-19-37-41(29)32)23-13-15-24(16-14-23)45-20(2)34(3,4)44/h6-7,9-12,18-20,23-24,33,43-44H,5,8,13-17H2,1-4H3,(H,38,39). The van der Waals surface area contributed by atoms with E-state index in [1.54, 1.807) is 29.0 Å². The lowest BCUT2D eigenvalue weighted by Crippen LogP contribution is -2.40. The number of halogens is 1. The van der Waals surface area contributed by atoms with Gasteiger partial charge in [0.25, 0.3) is 5.56 Å². The van der Waals surface area contributed by atoms with E-state index in [1.165, 1.54) is 12.4 Å². The molecule has 0 amide bonds. The first-order chi connectivity index (χ1) is 22.0. The fourth-order valence-electron chi connectivity index (χ4n) is 6.36. The van der Waals surface area contributed by atoms with E-state index in [4.69, 9.17) is 9.57 Å². The molecule has 1 saturated carbocycles. The highest BCUT2D eigenvalue weighted by atomic mass is 19.1. The molecular weight excluding hydrogens is 591 g/mol. The number of aryl methyl sites for hydroxylation is 1. The van der Waals surface area contributed by atoms with Gasteiger partial charge in [0.1, 0.15) is 12.1 Å². The Kier molecular flexibility index (Phi) is 8.95. The second-order valence-corrected chi connectivity index (χ2v) is 12.8. The van der Waals surface area contributed by atoms with Crippen molar-refractivity contribution in [3.05, 3.63) is 87.3 Å². The van der Waals surface area contributed by atoms with Crippen molar-refractivity contribution in [1.29, 1.82) is 0 Å². The monoisotopic (exact) mass is 632 g/mol. The fourth-order valence-corrected chi connectivity index (χ4v) is 6.36. The molecule has 6 rings (SSSR count). The lowest BCUT2D eigenvalue weighted by atomic mass is 9.91. The normalized spacial score (nSPS) is 20.8. The van der Waals surface area contributed by atoms with E-state index in [1.807, 2.05) is 44.2 Å². The van der Waals surface area contributed by atoms with Crippen LogP contribution in [0.4, 0.5) is 4.39 Å². The van der Waals surface area contributed by atoms with Crippen molar-refractivity contribution < 1.29 is 24.2 Å². The first kappa shape index (κ1) is 31.8. The molecule has 0 radical (unpaired) electrons. The van der Waals surface area contributed by atoms with Crippen molar-refractivity contribution in [3.63, 3.8) is 0 Å². The summed E-state index contributed by atoms with van der Waals surface area (Å²) in [6.45, 7) is 7.39. The van der Waals surface area contributed by atoms with Crippen LogP contribution in [-0.4, -0.2) is 59.4 Å². The summed E-state index contributed by atoms with van der Waals surface area (Å²) in [5, 5.41) is 31.2. The van der Waals surface area contributed by atoms with Crippen LogP contribution in [0.3, 0.4) is 0 Å². The number of nitrogens with one attached hydrogen (secondary N) is 1. The number of amidine groups is 1. The third kappa shape index (κ3) is 6.29. The van der Waals surface area contributed by atoms with Gasteiger partial charge in [-0.3, -0.25) is 9.36 Å². The molecule has 2 aliphatic rings. The molecule has 46 heavy (non-hydrogen) atoms. The molecule has 1 aliphatic carbocycles. The zero-order valence-corrected chi connectivity index (χ0v) is 26.6. The van der Waals surface area contributed by atoms with E-state index in [0.29, 0.717) is 58.7 Å². The summed E-state index contributed by atoms with van der Waals surface area (Å²) >= 11 is 0. The van der Waals surface area contributed by atoms with Crippen molar-refractivity contribution in [1.82, 2.24) is 24.5 Å². The van der Waals surface area contributed by atoms with Gasteiger partial charge in [0.05, 0.1) is 23.5 Å². The number of aliphatic hydroxyl groups is 2. The number of hydrogen-bond acceptors (Lipinski definition) is 9. The summed E-state index contributed by atoms with van der Waals surface area (Å²) in [5.41, 5.74) is 2.53. The molecule has 244 valence electrons. The second kappa shape index (κ2) is 12.9. The minimum Gasteiger partial charge on any atom is -0.388 e. The Morgan fingerprint density at radius 2 is 1.89 bits per heavy atom. The lowest BCUT2D eigenvalue weighted by molar-refractivity contribution is -0.118. The van der Waals surface area contributed by atoms with Crippen LogP contribution in [0.1, 0.15) is 88.2 Å². The third-order valence-corrected chi connectivity index (χ3v) is 9.13. The summed E-state index contributed by atoms with van der Waals surface area (Å²) in [6, 6.07) is 12.2. The molecule has 2 aromatic heterocycles. The van der Waals surface area contributed by atoms with Crippen molar-refractivity contribution in [2.45, 2.75) is 103 Å². The van der Waals surface area contributed by atoms with E-state index in [-0.39, 0.29) is 30.2 Å². The van der Waals surface area contributed by atoms with E-state index in [2.05, 4.69) is 20.6 Å². The highest BCUT2D eigenvalue weighted by Gasteiger charge is 2.32. The molecule has 1 fully saturated rings. The number of nitrogens with zero attached hydrogens (tertiary/aromatic N) is 5. The Bertz CT molecular complexity index is 1800. The summed E-state index contributed by atoms with van der Waals surface area (Å²) in [4.78, 5) is 23.7. The third-order valence-electron chi connectivity index (χ3n) is 9.13. The first-order valence-corrected chi connectivity index (χ1v) is 16.0. The predicted octanol–water partition coefficient (Wildman–Crippen LogP) is 4.46. The Labute approximate surface area is 266 Å². The Morgan fingerprint density at radius 1 is 1.15 bits per heavy atom. The molecule has 3 heterocycles. The Morgan fingerprint density at radius 3 is 2.54 bits per heavy atom. The molecule has 4 aromatic rings. The van der Waals surface area contributed by atoms with Gasteiger partial charge < -0.3 is 25.1 Å². The molecule has 2 atom stereocenters. The number of aliphatic hydroxyl groups excluding tert-OH is 1. The highest BCUT2D eigenvalue weighted by molar-refractivity contribution is 6.04. The maximum atomic E-state index is 15.9. The Hall–Kier alpha value is -4.13. The van der Waals surface area contributed by atoms with E-state index in [0.717, 1.165) is 25.0 Å². The van der Waals surface area contributed by atoms with Gasteiger partial charge in [0.15, 0.2) is 5.84 Å². The minimum absolute atomic E-state index is 0.00652. The first-order valence-electron chi connectivity index (χ1n) is 16.0. The van der Waals surface area contributed by atoms with Crippen LogP contribution < -0.4 is 10.9 Å². The average molecular weight is 633 g/mol. The summed E-state index contributed by atoms with van der Waals surface area (Å²) in [7, 11) is 0. The maximum Gasteiger partial charge on any atom is 0.304 e. The van der Waals surface area contributed by atoms with E-state index < -0.39 is 17.8 Å². The van der Waals surface area contributed by atoms with Crippen LogP contribution >= 0.6 is 0 Å². The van der Waals surface area contributed by atoms with Crippen molar-refractivity contribution >= 4 is 11.6 Å². The van der Waals surface area contributed by atoms with Gasteiger partial charge in [-0.2, -0.15) is 10.1 Å². The molecule has 0 bridgehead atoms. The van der Waals surface area contributed by atoms with Gasteiger partial charge in [0.2, 0.25) is 5.78 Å². The molecule has 3 N–H and O–H groups in total. The average Bonchev–Trinajstić information content (AvgIpc) is 3.69. The minimum atomic E-state index is -1.24. The topological polar surface area (TPSA) is 136 Å². The molecular formula is C34H41FN6O5. The second-order valence-electron chi connectivity index (χ2n) is 12.8. The van der Waals surface area contributed by atoms with Crippen LogP contribution in [0.5, 0.6) is 0 Å². The van der Waals surface area contributed by atoms with Gasteiger partial charge >= 0.3 is 6.41 Å². The van der Waals surface area contributed by atoms with Crippen LogP contribution in [-0.2, 0) is 22.4 Å². The summed E-state index contributed by atoms with van der Waals surface area (Å²) in [6.07, 6.45) is 4.30. The van der Waals surface area contributed by atoms with Crippen molar-refractivity contribution in [2.75, 3.05) is 0 Å². The van der Waals surface area contributed by atoms with Crippen molar-refractivity contribution in [2.24, 2.45) is 5.16 Å². The van der Waals surface area contributed by atoms with Crippen LogP contribution in [0.2, 0.25) is 0 Å². The van der Waals surface area contributed by atoms with Gasteiger partial charge in [-0.15, -0.1) is 0 Å². The quantitative estimate of drug-likeness (QED) is 0.233. The molecule has 2 unspecified atom stereocenters. The zero-order chi connectivity index (χ0) is 32.6. The lowest BCUT2D eigenvalue weighted by Gasteiger charge is -2.35. The molecule has 0 spiro atoms. The number of fused-ring (bicyclic) bond motifs is 1. The number of oxime groups is 1. The summed E-state index contributed by atoms with van der Waals surface area (Å²) < 4.78 is 25.5. The van der Waals surface area contributed by atoms with Gasteiger partial charge in [-0.25, -0.2) is 8.91 Å². The maximum absolute atomic E-state index is 15.9. The predicted molar refractivity (Wildman–Crippen MR) is 171 cm³/mol. The number of rotatable bonds is 10. The SMILES string of the molecule is CCCc1c(Cc2ccc(-c3ccccc3C3=NOC(O)N3)cc2F)c(=O)n(C2CCC(OC(C)C(C)(C)O)CC2)c2ncnn12. The van der Waals surface area contributed by atoms with E-state index >= 15 is 4.39 Å². The molecule has 1 aliphatic heterocycles. The van der Waals surface area contributed by atoms with E-state index in [9.17, 15) is 15.0 Å². The van der Waals surface area contributed by atoms with Crippen LogP contribution in [0, 0.1) is 5.82 Å². The zero-order valence-electron chi connectivity index (χ0n) is 26.6. The highest BCUT2D eigenvalue weighted by Crippen LogP contribution is 2.33. The number of benzene rings is 2. The molecule has 11 nitrogen and oxygen atoms in total. The van der Waals surface area contributed by atoms with Gasteiger partial charge in [-0.05, 0) is 75.6 Å². The molecule has 0 saturated heterocycles. The van der Waals surface area contributed by atoms with Gasteiger partial charge in [-0.1, -0.05) is 54.9 Å². The fraction of sp³-hybridized carbons (Fsp3) is 0.471. The Balaban J connectivity index is 1.31. The molecule has 12 heteroatoms. The number of hydrogen-bond donors (Lipinski definition) is 3.